The van der Waals surface area contributed by atoms with Crippen molar-refractivity contribution >= 4 is 0 Å². The second-order valence-corrected chi connectivity index (χ2v) is 4.74. The second-order valence-electron chi connectivity index (χ2n) is 4.74. The van der Waals surface area contributed by atoms with Crippen molar-refractivity contribution < 1.29 is 0 Å². The summed E-state index contributed by atoms with van der Waals surface area (Å²) in [5.74, 6) is 0.779. The molecule has 19 heavy (non-hydrogen) atoms. The summed E-state index contributed by atoms with van der Waals surface area (Å²) in [6.07, 6.45) is 0. The number of pyridine rings is 1. The number of nitrogens with one attached hydrogen (secondary N) is 1. The number of hydrogen-bond donors (Lipinski definition) is 1. The molecule has 100 valence electrons. The molecule has 0 aromatic carbocycles. The highest BCUT2D eigenvalue weighted by atomic mass is 14.9. The van der Waals surface area contributed by atoms with Crippen LogP contribution in [-0.2, 0) is 6.54 Å². The Labute approximate surface area is 114 Å². The average Bonchev–Trinajstić information content (AvgIpc) is 2.34. The fourth-order valence-corrected chi connectivity index (χ4v) is 2.07. The number of rotatable bonds is 4. The monoisotopic (exact) mass is 256 g/mol. The van der Waals surface area contributed by atoms with Gasteiger partial charge >= 0.3 is 0 Å². The molecule has 0 fully saturated rings. The van der Waals surface area contributed by atoms with Crippen molar-refractivity contribution in [2.24, 2.45) is 0 Å². The predicted octanol–water partition coefficient (Wildman–Crippen LogP) is 2.57. The number of aromatic nitrogens is 3. The van der Waals surface area contributed by atoms with Gasteiger partial charge in [0.05, 0.1) is 5.69 Å². The first-order valence-electron chi connectivity index (χ1n) is 6.59. The van der Waals surface area contributed by atoms with Crippen LogP contribution >= 0.6 is 0 Å². The van der Waals surface area contributed by atoms with E-state index < -0.39 is 0 Å². The summed E-state index contributed by atoms with van der Waals surface area (Å²) in [6.45, 7) is 9.78. The van der Waals surface area contributed by atoms with E-state index in [0.717, 1.165) is 47.3 Å². The second kappa shape index (κ2) is 5.89. The van der Waals surface area contributed by atoms with Gasteiger partial charge in [-0.3, -0.25) is 4.98 Å². The van der Waals surface area contributed by atoms with Gasteiger partial charge in [0.2, 0.25) is 0 Å². The molecule has 0 aliphatic rings. The highest BCUT2D eigenvalue weighted by Gasteiger charge is 2.06. The molecule has 4 nitrogen and oxygen atoms in total. The fourth-order valence-electron chi connectivity index (χ4n) is 2.07. The van der Waals surface area contributed by atoms with E-state index in [0.29, 0.717) is 0 Å². The van der Waals surface area contributed by atoms with E-state index in [1.165, 1.54) is 0 Å². The van der Waals surface area contributed by atoms with Gasteiger partial charge in [-0.1, -0.05) is 6.92 Å². The van der Waals surface area contributed by atoms with E-state index >= 15 is 0 Å². The zero-order chi connectivity index (χ0) is 13.8. The van der Waals surface area contributed by atoms with E-state index in [1.54, 1.807) is 0 Å². The van der Waals surface area contributed by atoms with Crippen molar-refractivity contribution in [3.63, 3.8) is 0 Å². The van der Waals surface area contributed by atoms with Crippen LogP contribution in [0.2, 0.25) is 0 Å². The Hall–Kier alpha value is -1.81. The minimum Gasteiger partial charge on any atom is -0.311 e. The Morgan fingerprint density at radius 2 is 1.53 bits per heavy atom. The smallest absolute Gasteiger partial charge is 0.159 e. The summed E-state index contributed by atoms with van der Waals surface area (Å²) >= 11 is 0. The minimum absolute atomic E-state index is 0.774. The maximum absolute atomic E-state index is 4.62. The Morgan fingerprint density at radius 3 is 2.16 bits per heavy atom. The van der Waals surface area contributed by atoms with Crippen molar-refractivity contribution in [2.45, 2.75) is 34.2 Å². The first-order valence-corrected chi connectivity index (χ1v) is 6.59. The third kappa shape index (κ3) is 3.58. The predicted molar refractivity (Wildman–Crippen MR) is 76.9 cm³/mol. The highest BCUT2D eigenvalue weighted by molar-refractivity contribution is 5.56. The van der Waals surface area contributed by atoms with Gasteiger partial charge in [-0.2, -0.15) is 0 Å². The zero-order valence-electron chi connectivity index (χ0n) is 12.0. The Bertz CT molecular complexity index is 558. The van der Waals surface area contributed by atoms with E-state index in [2.05, 4.69) is 27.2 Å². The van der Waals surface area contributed by atoms with Gasteiger partial charge in [-0.05, 0) is 45.5 Å². The molecular weight excluding hydrogens is 236 g/mol. The average molecular weight is 256 g/mol. The molecule has 0 radical (unpaired) electrons. The Balaban J connectivity index is 2.40. The van der Waals surface area contributed by atoms with E-state index in [9.17, 15) is 0 Å². The molecule has 2 rings (SSSR count). The van der Waals surface area contributed by atoms with Crippen LogP contribution in [0.4, 0.5) is 0 Å². The summed E-state index contributed by atoms with van der Waals surface area (Å²) in [4.78, 5) is 13.5. The number of nitrogens with zero attached hydrogens (tertiary/aromatic N) is 3. The van der Waals surface area contributed by atoms with Gasteiger partial charge in [0.1, 0.15) is 0 Å². The topological polar surface area (TPSA) is 50.7 Å². The summed E-state index contributed by atoms with van der Waals surface area (Å²) in [6, 6.07) is 6.07. The normalized spacial score (nSPS) is 10.7. The van der Waals surface area contributed by atoms with Gasteiger partial charge in [0, 0.05) is 29.2 Å². The summed E-state index contributed by atoms with van der Waals surface area (Å²) in [7, 11) is 0. The van der Waals surface area contributed by atoms with Crippen LogP contribution in [0.1, 0.15) is 29.7 Å². The molecule has 0 atom stereocenters. The molecule has 0 saturated heterocycles. The molecule has 0 aliphatic heterocycles. The molecule has 2 aromatic rings. The van der Waals surface area contributed by atoms with Crippen LogP contribution in [0.3, 0.4) is 0 Å². The van der Waals surface area contributed by atoms with Gasteiger partial charge in [0.15, 0.2) is 5.82 Å². The molecule has 0 amide bonds. The van der Waals surface area contributed by atoms with Crippen LogP contribution in [-0.4, -0.2) is 21.5 Å². The number of aryl methyl sites for hydroxylation is 3. The van der Waals surface area contributed by atoms with Crippen molar-refractivity contribution in [2.75, 3.05) is 6.54 Å². The zero-order valence-corrected chi connectivity index (χ0v) is 12.0. The van der Waals surface area contributed by atoms with E-state index in [1.807, 2.05) is 39.0 Å². The lowest BCUT2D eigenvalue weighted by Gasteiger charge is -2.08. The van der Waals surface area contributed by atoms with Crippen LogP contribution < -0.4 is 5.32 Å². The summed E-state index contributed by atoms with van der Waals surface area (Å²) < 4.78 is 0. The first kappa shape index (κ1) is 13.6. The molecule has 0 spiro atoms. The van der Waals surface area contributed by atoms with Crippen LogP contribution in [0.5, 0.6) is 0 Å². The SMILES string of the molecule is CCNCc1cc(C)nc(-c2cc(C)nc(C)c2)n1. The fraction of sp³-hybridized carbons (Fsp3) is 0.400. The van der Waals surface area contributed by atoms with Crippen LogP contribution in [0.15, 0.2) is 18.2 Å². The summed E-state index contributed by atoms with van der Waals surface area (Å²) in [5, 5.41) is 3.29. The molecule has 0 aliphatic carbocycles. The van der Waals surface area contributed by atoms with Crippen molar-refractivity contribution in [1.82, 2.24) is 20.3 Å². The number of hydrogen-bond acceptors (Lipinski definition) is 4. The minimum atomic E-state index is 0.774. The van der Waals surface area contributed by atoms with Crippen molar-refractivity contribution in [3.05, 3.63) is 41.0 Å². The lowest BCUT2D eigenvalue weighted by atomic mass is 10.1. The molecule has 0 saturated carbocycles. The molecule has 0 bridgehead atoms. The van der Waals surface area contributed by atoms with Gasteiger partial charge in [-0.25, -0.2) is 9.97 Å². The molecule has 0 unspecified atom stereocenters. The third-order valence-corrected chi connectivity index (χ3v) is 2.80. The van der Waals surface area contributed by atoms with E-state index in [4.69, 9.17) is 0 Å². The Morgan fingerprint density at radius 1 is 0.895 bits per heavy atom. The quantitative estimate of drug-likeness (QED) is 0.913. The largest absolute Gasteiger partial charge is 0.311 e. The van der Waals surface area contributed by atoms with Crippen molar-refractivity contribution in [3.8, 4) is 11.4 Å². The maximum atomic E-state index is 4.62. The molecule has 2 heterocycles. The maximum Gasteiger partial charge on any atom is 0.159 e. The molecular formula is C15H20N4. The first-order chi connectivity index (χ1) is 9.08. The van der Waals surface area contributed by atoms with Crippen molar-refractivity contribution in [1.29, 1.82) is 0 Å². The van der Waals surface area contributed by atoms with Crippen LogP contribution in [0.25, 0.3) is 11.4 Å². The summed E-state index contributed by atoms with van der Waals surface area (Å²) in [5.41, 5.74) is 5.04. The van der Waals surface area contributed by atoms with Gasteiger partial charge in [-0.15, -0.1) is 0 Å². The lowest BCUT2D eigenvalue weighted by molar-refractivity contribution is 0.708. The standard InChI is InChI=1S/C15H20N4/c1-5-16-9-14-8-12(4)18-15(19-14)13-6-10(2)17-11(3)7-13/h6-8,16H,5,9H2,1-4H3. The third-order valence-electron chi connectivity index (χ3n) is 2.80. The molecule has 4 heteroatoms. The van der Waals surface area contributed by atoms with E-state index in [-0.39, 0.29) is 0 Å². The lowest BCUT2D eigenvalue weighted by Crippen LogP contribution is -2.13. The van der Waals surface area contributed by atoms with Gasteiger partial charge < -0.3 is 5.32 Å². The Kier molecular flexibility index (Phi) is 4.22. The molecule has 1 N–H and O–H groups in total. The van der Waals surface area contributed by atoms with Crippen LogP contribution in [0, 0.1) is 20.8 Å². The van der Waals surface area contributed by atoms with Gasteiger partial charge in [0.25, 0.3) is 0 Å². The highest BCUT2D eigenvalue weighted by Crippen LogP contribution is 2.17. The molecule has 2 aromatic heterocycles.